The standard InChI is InChI=1S/C13H23N3O2/c1-10(2)16-9-11(14)8-12(16)13(17)15-6-4-5-7-18-3/h8-10H,4-7,14H2,1-3H3,(H,15,17). The fraction of sp³-hybridized carbons (Fsp3) is 0.615. The molecule has 18 heavy (non-hydrogen) atoms. The van der Waals surface area contributed by atoms with E-state index in [1.807, 2.05) is 18.4 Å². The molecule has 0 aliphatic carbocycles. The van der Waals surface area contributed by atoms with E-state index >= 15 is 0 Å². The molecule has 0 aromatic carbocycles. The fourth-order valence-corrected chi connectivity index (χ4v) is 1.77. The van der Waals surface area contributed by atoms with Crippen LogP contribution in [0.25, 0.3) is 0 Å². The highest BCUT2D eigenvalue weighted by atomic mass is 16.5. The lowest BCUT2D eigenvalue weighted by molar-refractivity contribution is 0.0940. The molecule has 0 bridgehead atoms. The molecule has 3 N–H and O–H groups in total. The Morgan fingerprint density at radius 1 is 1.50 bits per heavy atom. The molecular formula is C13H23N3O2. The van der Waals surface area contributed by atoms with Gasteiger partial charge in [-0.25, -0.2) is 0 Å². The minimum Gasteiger partial charge on any atom is -0.397 e. The minimum atomic E-state index is -0.0715. The first-order valence-corrected chi connectivity index (χ1v) is 6.30. The van der Waals surface area contributed by atoms with Crippen LogP contribution < -0.4 is 11.1 Å². The molecule has 0 fully saturated rings. The van der Waals surface area contributed by atoms with Crippen LogP contribution in [0.1, 0.15) is 43.2 Å². The zero-order valence-corrected chi connectivity index (χ0v) is 11.4. The van der Waals surface area contributed by atoms with E-state index in [9.17, 15) is 4.79 Å². The van der Waals surface area contributed by atoms with E-state index < -0.39 is 0 Å². The molecule has 1 heterocycles. The van der Waals surface area contributed by atoms with Gasteiger partial charge in [-0.3, -0.25) is 4.79 Å². The lowest BCUT2D eigenvalue weighted by Crippen LogP contribution is -2.27. The van der Waals surface area contributed by atoms with Crippen LogP contribution in [0.3, 0.4) is 0 Å². The van der Waals surface area contributed by atoms with Gasteiger partial charge in [0.1, 0.15) is 5.69 Å². The molecule has 0 aliphatic heterocycles. The summed E-state index contributed by atoms with van der Waals surface area (Å²) in [6.45, 7) is 5.43. The van der Waals surface area contributed by atoms with Crippen molar-refractivity contribution in [2.24, 2.45) is 0 Å². The van der Waals surface area contributed by atoms with Crippen LogP contribution >= 0.6 is 0 Å². The molecule has 0 aliphatic rings. The van der Waals surface area contributed by atoms with Gasteiger partial charge < -0.3 is 20.4 Å². The Morgan fingerprint density at radius 3 is 2.83 bits per heavy atom. The monoisotopic (exact) mass is 253 g/mol. The molecule has 1 aromatic rings. The smallest absolute Gasteiger partial charge is 0.267 e. The van der Waals surface area contributed by atoms with E-state index in [1.165, 1.54) is 0 Å². The summed E-state index contributed by atoms with van der Waals surface area (Å²) in [5, 5.41) is 2.90. The van der Waals surface area contributed by atoms with Crippen LogP contribution in [0.4, 0.5) is 5.69 Å². The van der Waals surface area contributed by atoms with Crippen LogP contribution in [0.5, 0.6) is 0 Å². The predicted octanol–water partition coefficient (Wildman–Crippen LogP) is 1.81. The maximum Gasteiger partial charge on any atom is 0.267 e. The van der Waals surface area contributed by atoms with Gasteiger partial charge in [-0.15, -0.1) is 0 Å². The highest BCUT2D eigenvalue weighted by Gasteiger charge is 2.13. The maximum absolute atomic E-state index is 12.0. The molecule has 1 rings (SSSR count). The number of carbonyl (C=O) groups excluding carboxylic acids is 1. The number of hydrogen-bond acceptors (Lipinski definition) is 3. The maximum atomic E-state index is 12.0. The Kier molecular flexibility index (Phi) is 5.71. The quantitative estimate of drug-likeness (QED) is 0.728. The van der Waals surface area contributed by atoms with Crippen molar-refractivity contribution in [3.05, 3.63) is 18.0 Å². The number of methoxy groups -OCH3 is 1. The molecule has 0 atom stereocenters. The van der Waals surface area contributed by atoms with Gasteiger partial charge in [-0.05, 0) is 32.8 Å². The van der Waals surface area contributed by atoms with Crippen LogP contribution in [0.15, 0.2) is 12.3 Å². The molecule has 0 unspecified atom stereocenters. The first-order chi connectivity index (χ1) is 8.56. The Morgan fingerprint density at radius 2 is 2.22 bits per heavy atom. The zero-order chi connectivity index (χ0) is 13.5. The van der Waals surface area contributed by atoms with E-state index in [0.717, 1.165) is 19.4 Å². The summed E-state index contributed by atoms with van der Waals surface area (Å²) >= 11 is 0. The number of carbonyl (C=O) groups is 1. The number of nitrogen functional groups attached to an aromatic ring is 1. The molecule has 0 radical (unpaired) electrons. The summed E-state index contributed by atoms with van der Waals surface area (Å²) in [6, 6.07) is 1.93. The fourth-order valence-electron chi connectivity index (χ4n) is 1.77. The number of nitrogens with one attached hydrogen (secondary N) is 1. The number of ether oxygens (including phenoxy) is 1. The molecule has 0 saturated carbocycles. The van der Waals surface area contributed by atoms with Crippen molar-refractivity contribution in [3.63, 3.8) is 0 Å². The predicted molar refractivity (Wildman–Crippen MR) is 72.7 cm³/mol. The van der Waals surface area contributed by atoms with Crippen molar-refractivity contribution >= 4 is 11.6 Å². The Hall–Kier alpha value is -1.49. The lowest BCUT2D eigenvalue weighted by atomic mass is 10.3. The van der Waals surface area contributed by atoms with Crippen LogP contribution in [-0.2, 0) is 4.74 Å². The van der Waals surface area contributed by atoms with Gasteiger partial charge in [0, 0.05) is 32.5 Å². The Balaban J connectivity index is 2.51. The summed E-state index contributed by atoms with van der Waals surface area (Å²) in [6.07, 6.45) is 3.66. The Labute approximate surface area is 108 Å². The number of nitrogens with two attached hydrogens (primary N) is 1. The van der Waals surface area contributed by atoms with E-state index in [4.69, 9.17) is 10.5 Å². The van der Waals surface area contributed by atoms with Crippen molar-refractivity contribution in [1.29, 1.82) is 0 Å². The van der Waals surface area contributed by atoms with Crippen molar-refractivity contribution in [3.8, 4) is 0 Å². The highest BCUT2D eigenvalue weighted by Crippen LogP contribution is 2.16. The zero-order valence-electron chi connectivity index (χ0n) is 11.4. The average Bonchev–Trinajstić information content (AvgIpc) is 2.71. The normalized spacial score (nSPS) is 10.9. The third kappa shape index (κ3) is 4.07. The van der Waals surface area contributed by atoms with Crippen LogP contribution in [-0.4, -0.2) is 30.7 Å². The van der Waals surface area contributed by atoms with E-state index in [1.54, 1.807) is 19.4 Å². The molecule has 102 valence electrons. The number of hydrogen-bond donors (Lipinski definition) is 2. The summed E-state index contributed by atoms with van der Waals surface area (Å²) in [7, 11) is 1.68. The van der Waals surface area contributed by atoms with Crippen molar-refractivity contribution in [2.75, 3.05) is 26.0 Å². The second kappa shape index (κ2) is 7.06. The number of nitrogens with zero attached hydrogens (tertiary/aromatic N) is 1. The van der Waals surface area contributed by atoms with Gasteiger partial charge in [-0.2, -0.15) is 0 Å². The van der Waals surface area contributed by atoms with Gasteiger partial charge in [-0.1, -0.05) is 0 Å². The third-order valence-corrected chi connectivity index (χ3v) is 2.72. The summed E-state index contributed by atoms with van der Waals surface area (Å²) in [5.74, 6) is -0.0715. The molecule has 5 heteroatoms. The third-order valence-electron chi connectivity index (χ3n) is 2.72. The summed E-state index contributed by atoms with van der Waals surface area (Å²) in [5.41, 5.74) is 6.97. The van der Waals surface area contributed by atoms with Crippen molar-refractivity contribution in [1.82, 2.24) is 9.88 Å². The Bertz CT molecular complexity index is 386. The van der Waals surface area contributed by atoms with E-state index in [-0.39, 0.29) is 11.9 Å². The van der Waals surface area contributed by atoms with Gasteiger partial charge in [0.25, 0.3) is 5.91 Å². The first-order valence-electron chi connectivity index (χ1n) is 6.30. The summed E-state index contributed by atoms with van der Waals surface area (Å²) in [4.78, 5) is 12.0. The van der Waals surface area contributed by atoms with Gasteiger partial charge in [0.15, 0.2) is 0 Å². The van der Waals surface area contributed by atoms with Gasteiger partial charge >= 0.3 is 0 Å². The molecule has 0 spiro atoms. The summed E-state index contributed by atoms with van der Waals surface area (Å²) < 4.78 is 6.84. The number of rotatable bonds is 7. The first kappa shape index (κ1) is 14.6. The minimum absolute atomic E-state index is 0.0715. The molecule has 1 aromatic heterocycles. The average molecular weight is 253 g/mol. The SMILES string of the molecule is COCCCCNC(=O)c1cc(N)cn1C(C)C. The molecule has 5 nitrogen and oxygen atoms in total. The number of anilines is 1. The van der Waals surface area contributed by atoms with E-state index in [0.29, 0.717) is 17.9 Å². The van der Waals surface area contributed by atoms with Crippen molar-refractivity contribution < 1.29 is 9.53 Å². The highest BCUT2D eigenvalue weighted by molar-refractivity contribution is 5.93. The van der Waals surface area contributed by atoms with Crippen LogP contribution in [0, 0.1) is 0 Å². The van der Waals surface area contributed by atoms with Gasteiger partial charge in [0.2, 0.25) is 0 Å². The van der Waals surface area contributed by atoms with Crippen molar-refractivity contribution in [2.45, 2.75) is 32.7 Å². The van der Waals surface area contributed by atoms with Crippen LogP contribution in [0.2, 0.25) is 0 Å². The molecule has 1 amide bonds. The number of aromatic nitrogens is 1. The number of unbranched alkanes of at least 4 members (excludes halogenated alkanes) is 1. The van der Waals surface area contributed by atoms with Gasteiger partial charge in [0.05, 0.1) is 5.69 Å². The largest absolute Gasteiger partial charge is 0.397 e. The second-order valence-corrected chi connectivity index (χ2v) is 4.62. The number of amides is 1. The second-order valence-electron chi connectivity index (χ2n) is 4.62. The molecular weight excluding hydrogens is 230 g/mol. The van der Waals surface area contributed by atoms with E-state index in [2.05, 4.69) is 5.32 Å². The molecule has 0 saturated heterocycles. The topological polar surface area (TPSA) is 69.3 Å². The lowest BCUT2D eigenvalue weighted by Gasteiger charge is -2.12.